The Bertz CT molecular complexity index is 321. The van der Waals surface area contributed by atoms with E-state index < -0.39 is 0 Å². The lowest BCUT2D eigenvalue weighted by Crippen LogP contribution is -1.95. The van der Waals surface area contributed by atoms with Crippen molar-refractivity contribution in [3.05, 3.63) is 29.8 Å². The maximum absolute atomic E-state index is 5.79. The van der Waals surface area contributed by atoms with Crippen molar-refractivity contribution in [3.63, 3.8) is 0 Å². The summed E-state index contributed by atoms with van der Waals surface area (Å²) in [6, 6.07) is 5.58. The van der Waals surface area contributed by atoms with Gasteiger partial charge in [0.25, 0.3) is 0 Å². The van der Waals surface area contributed by atoms with Gasteiger partial charge in [-0.15, -0.1) is 0 Å². The van der Waals surface area contributed by atoms with Gasteiger partial charge in [-0.05, 0) is 31.2 Å². The predicted octanol–water partition coefficient (Wildman–Crippen LogP) is 1.64. The van der Waals surface area contributed by atoms with E-state index in [1.807, 2.05) is 30.4 Å². The Morgan fingerprint density at radius 1 is 1.43 bits per heavy atom. The van der Waals surface area contributed by atoms with Crippen molar-refractivity contribution in [2.45, 2.75) is 6.42 Å². The van der Waals surface area contributed by atoms with Gasteiger partial charge in [-0.25, -0.2) is 0 Å². The Kier molecular flexibility index (Phi) is 4.01. The molecule has 0 aliphatic carbocycles. The molecule has 4 N–H and O–H groups in total. The highest BCUT2D eigenvalue weighted by Crippen LogP contribution is 2.20. The number of methoxy groups -OCH3 is 1. The lowest BCUT2D eigenvalue weighted by molar-refractivity contribution is 0.415. The summed E-state index contributed by atoms with van der Waals surface area (Å²) in [5, 5.41) is 0. The Morgan fingerprint density at radius 3 is 2.86 bits per heavy atom. The van der Waals surface area contributed by atoms with Crippen LogP contribution in [0.4, 0.5) is 5.69 Å². The van der Waals surface area contributed by atoms with Gasteiger partial charge < -0.3 is 16.2 Å². The molecule has 76 valence electrons. The lowest BCUT2D eigenvalue weighted by Gasteiger charge is -2.03. The van der Waals surface area contributed by atoms with Crippen LogP contribution in [0, 0.1) is 0 Å². The minimum absolute atomic E-state index is 0.653. The number of hydrogen-bond acceptors (Lipinski definition) is 3. The van der Waals surface area contributed by atoms with Crippen LogP contribution in [0.3, 0.4) is 0 Å². The summed E-state index contributed by atoms with van der Waals surface area (Å²) < 4.78 is 5.10. The fraction of sp³-hybridized carbons (Fsp3) is 0.273. The largest absolute Gasteiger partial charge is 0.497 e. The van der Waals surface area contributed by atoms with Crippen LogP contribution < -0.4 is 16.2 Å². The molecule has 0 amide bonds. The second-order valence-electron chi connectivity index (χ2n) is 2.97. The summed E-state index contributed by atoms with van der Waals surface area (Å²) in [4.78, 5) is 0. The summed E-state index contributed by atoms with van der Waals surface area (Å²) in [5.74, 6) is 0.812. The predicted molar refractivity (Wildman–Crippen MR) is 60.1 cm³/mol. The van der Waals surface area contributed by atoms with Crippen molar-refractivity contribution in [1.29, 1.82) is 0 Å². The van der Waals surface area contributed by atoms with Gasteiger partial charge in [0.15, 0.2) is 0 Å². The molecule has 1 aromatic rings. The van der Waals surface area contributed by atoms with Crippen LogP contribution >= 0.6 is 0 Å². The highest BCUT2D eigenvalue weighted by Gasteiger charge is 1.97. The van der Waals surface area contributed by atoms with Gasteiger partial charge in [0.1, 0.15) is 5.75 Å². The SMILES string of the molecule is COc1ccc(N)c(C=CCCN)c1. The minimum Gasteiger partial charge on any atom is -0.497 e. The number of nitrogens with two attached hydrogens (primary N) is 2. The van der Waals surface area contributed by atoms with Crippen molar-refractivity contribution >= 4 is 11.8 Å². The number of nitrogen functional groups attached to an aromatic ring is 1. The fourth-order valence-corrected chi connectivity index (χ4v) is 1.13. The molecule has 1 aromatic carbocycles. The first-order valence-corrected chi connectivity index (χ1v) is 4.58. The van der Waals surface area contributed by atoms with Gasteiger partial charge in [-0.3, -0.25) is 0 Å². The monoisotopic (exact) mass is 192 g/mol. The maximum Gasteiger partial charge on any atom is 0.119 e. The highest BCUT2D eigenvalue weighted by molar-refractivity contribution is 5.66. The first kappa shape index (κ1) is 10.6. The van der Waals surface area contributed by atoms with Crippen LogP contribution in [0.15, 0.2) is 24.3 Å². The van der Waals surface area contributed by atoms with E-state index in [0.717, 1.165) is 23.4 Å². The van der Waals surface area contributed by atoms with E-state index in [9.17, 15) is 0 Å². The molecule has 0 radical (unpaired) electrons. The van der Waals surface area contributed by atoms with Crippen molar-refractivity contribution in [1.82, 2.24) is 0 Å². The average molecular weight is 192 g/mol. The molecule has 0 aliphatic heterocycles. The van der Waals surface area contributed by atoms with E-state index in [2.05, 4.69) is 0 Å². The van der Waals surface area contributed by atoms with Crippen LogP contribution in [-0.2, 0) is 0 Å². The highest BCUT2D eigenvalue weighted by atomic mass is 16.5. The van der Waals surface area contributed by atoms with Gasteiger partial charge >= 0.3 is 0 Å². The van der Waals surface area contributed by atoms with E-state index in [1.165, 1.54) is 0 Å². The van der Waals surface area contributed by atoms with Crippen LogP contribution in [-0.4, -0.2) is 13.7 Å². The molecule has 0 unspecified atom stereocenters. The second kappa shape index (κ2) is 5.29. The standard InChI is InChI=1S/C11H16N2O/c1-14-10-5-6-11(13)9(8-10)4-2-3-7-12/h2,4-6,8H,3,7,12-13H2,1H3. The fourth-order valence-electron chi connectivity index (χ4n) is 1.13. The molecular weight excluding hydrogens is 176 g/mol. The number of anilines is 1. The Balaban J connectivity index is 2.83. The van der Waals surface area contributed by atoms with Gasteiger partial charge in [-0.1, -0.05) is 12.2 Å². The number of ether oxygens (including phenoxy) is 1. The molecule has 0 aliphatic rings. The average Bonchev–Trinajstić information content (AvgIpc) is 2.21. The van der Waals surface area contributed by atoms with Crippen molar-refractivity contribution in [2.24, 2.45) is 5.73 Å². The van der Waals surface area contributed by atoms with Crippen LogP contribution in [0.1, 0.15) is 12.0 Å². The number of hydrogen-bond donors (Lipinski definition) is 2. The minimum atomic E-state index is 0.653. The smallest absolute Gasteiger partial charge is 0.119 e. The first-order chi connectivity index (χ1) is 6.77. The molecule has 3 heteroatoms. The molecule has 0 heterocycles. The van der Waals surface area contributed by atoms with Gasteiger partial charge in [0, 0.05) is 11.3 Å². The van der Waals surface area contributed by atoms with E-state index in [1.54, 1.807) is 7.11 Å². The Hall–Kier alpha value is -1.48. The zero-order chi connectivity index (χ0) is 10.4. The van der Waals surface area contributed by atoms with E-state index in [-0.39, 0.29) is 0 Å². The van der Waals surface area contributed by atoms with Crippen molar-refractivity contribution in [3.8, 4) is 5.75 Å². The molecule has 0 aromatic heterocycles. The summed E-state index contributed by atoms with van der Waals surface area (Å²) in [7, 11) is 1.64. The molecular formula is C11H16N2O. The van der Waals surface area contributed by atoms with Crippen LogP contribution in [0.5, 0.6) is 5.75 Å². The molecule has 0 fully saturated rings. The molecule has 0 bridgehead atoms. The Labute approximate surface area is 84.4 Å². The maximum atomic E-state index is 5.79. The zero-order valence-corrected chi connectivity index (χ0v) is 8.36. The van der Waals surface area contributed by atoms with Crippen LogP contribution in [0.25, 0.3) is 6.08 Å². The van der Waals surface area contributed by atoms with Crippen LogP contribution in [0.2, 0.25) is 0 Å². The molecule has 0 saturated heterocycles. The lowest BCUT2D eigenvalue weighted by atomic mass is 10.1. The van der Waals surface area contributed by atoms with Gasteiger partial charge in [0.2, 0.25) is 0 Å². The summed E-state index contributed by atoms with van der Waals surface area (Å²) >= 11 is 0. The first-order valence-electron chi connectivity index (χ1n) is 4.58. The molecule has 0 spiro atoms. The van der Waals surface area contributed by atoms with E-state index >= 15 is 0 Å². The third-order valence-corrected chi connectivity index (χ3v) is 1.92. The molecule has 14 heavy (non-hydrogen) atoms. The molecule has 1 rings (SSSR count). The molecule has 0 atom stereocenters. The number of rotatable bonds is 4. The van der Waals surface area contributed by atoms with Gasteiger partial charge in [-0.2, -0.15) is 0 Å². The third-order valence-electron chi connectivity index (χ3n) is 1.92. The summed E-state index contributed by atoms with van der Waals surface area (Å²) in [5.41, 5.74) is 12.9. The Morgan fingerprint density at radius 2 is 2.21 bits per heavy atom. The number of benzene rings is 1. The van der Waals surface area contributed by atoms with Crippen molar-refractivity contribution < 1.29 is 4.74 Å². The molecule has 3 nitrogen and oxygen atoms in total. The zero-order valence-electron chi connectivity index (χ0n) is 8.36. The second-order valence-corrected chi connectivity index (χ2v) is 2.97. The van der Waals surface area contributed by atoms with Crippen molar-refractivity contribution in [2.75, 3.05) is 19.4 Å². The van der Waals surface area contributed by atoms with E-state index in [0.29, 0.717) is 6.54 Å². The third kappa shape index (κ3) is 2.78. The topological polar surface area (TPSA) is 61.3 Å². The van der Waals surface area contributed by atoms with E-state index in [4.69, 9.17) is 16.2 Å². The quantitative estimate of drug-likeness (QED) is 0.713. The summed E-state index contributed by atoms with van der Waals surface area (Å²) in [6.07, 6.45) is 4.83. The molecule has 0 saturated carbocycles. The summed E-state index contributed by atoms with van der Waals surface area (Å²) in [6.45, 7) is 0.653. The van der Waals surface area contributed by atoms with Gasteiger partial charge in [0.05, 0.1) is 7.11 Å². The normalized spacial score (nSPS) is 10.7.